The van der Waals surface area contributed by atoms with Crippen LogP contribution in [0.5, 0.6) is 0 Å². The predicted octanol–water partition coefficient (Wildman–Crippen LogP) is 1.79. The number of benzene rings is 1. The first kappa shape index (κ1) is 14.9. The van der Waals surface area contributed by atoms with Gasteiger partial charge in [0.25, 0.3) is 10.0 Å². The minimum atomic E-state index is -3.79. The number of sulfonamides is 1. The molecule has 0 bridgehead atoms. The van der Waals surface area contributed by atoms with Gasteiger partial charge in [-0.25, -0.2) is 8.42 Å². The molecular formula is C14H14N4O2S. The summed E-state index contributed by atoms with van der Waals surface area (Å²) in [6.45, 7) is 3.45. The van der Waals surface area contributed by atoms with Crippen LogP contribution < -0.4 is 4.31 Å². The minimum absolute atomic E-state index is 0.0893. The van der Waals surface area contributed by atoms with Crippen molar-refractivity contribution in [1.82, 2.24) is 10.2 Å². The van der Waals surface area contributed by atoms with Crippen molar-refractivity contribution >= 4 is 15.8 Å². The summed E-state index contributed by atoms with van der Waals surface area (Å²) < 4.78 is 26.4. The Labute approximate surface area is 123 Å². The maximum absolute atomic E-state index is 12.7. The van der Waals surface area contributed by atoms with E-state index in [1.54, 1.807) is 38.1 Å². The second-order valence-corrected chi connectivity index (χ2v) is 6.54. The summed E-state index contributed by atoms with van der Waals surface area (Å²) in [4.78, 5) is 0.0893. The Morgan fingerprint density at radius 2 is 1.86 bits per heavy atom. The summed E-state index contributed by atoms with van der Waals surface area (Å²) >= 11 is 0. The second kappa shape index (κ2) is 5.50. The van der Waals surface area contributed by atoms with Crippen LogP contribution >= 0.6 is 0 Å². The quantitative estimate of drug-likeness (QED) is 0.862. The standard InChI is InChI=1S/C14H14N4O2S/c1-10-4-6-12(9-15)8-13(10)21(19,20)18(3)14-7-5-11(2)16-17-14/h4-8H,1-3H3. The Morgan fingerprint density at radius 3 is 2.43 bits per heavy atom. The molecule has 6 nitrogen and oxygen atoms in total. The lowest BCUT2D eigenvalue weighted by atomic mass is 10.2. The van der Waals surface area contributed by atoms with E-state index in [1.807, 2.05) is 6.07 Å². The zero-order valence-corrected chi connectivity index (χ0v) is 12.7. The molecule has 108 valence electrons. The van der Waals surface area contributed by atoms with Crippen molar-refractivity contribution in [3.8, 4) is 6.07 Å². The molecule has 0 fully saturated rings. The highest BCUT2D eigenvalue weighted by molar-refractivity contribution is 7.92. The largest absolute Gasteiger partial charge is 0.265 e. The SMILES string of the molecule is Cc1ccc(N(C)S(=O)(=O)c2cc(C#N)ccc2C)nn1. The zero-order chi connectivity index (χ0) is 15.6. The van der Waals surface area contributed by atoms with Gasteiger partial charge in [0, 0.05) is 7.05 Å². The zero-order valence-electron chi connectivity index (χ0n) is 11.9. The van der Waals surface area contributed by atoms with Crippen LogP contribution in [0.25, 0.3) is 0 Å². The smallest absolute Gasteiger partial charge is 0.251 e. The molecule has 0 spiro atoms. The van der Waals surface area contributed by atoms with Gasteiger partial charge in [0.15, 0.2) is 5.82 Å². The van der Waals surface area contributed by atoms with Crippen molar-refractivity contribution in [3.63, 3.8) is 0 Å². The number of hydrogen-bond acceptors (Lipinski definition) is 5. The second-order valence-electron chi connectivity index (χ2n) is 4.60. The molecule has 1 aromatic carbocycles. The highest BCUT2D eigenvalue weighted by Gasteiger charge is 2.24. The van der Waals surface area contributed by atoms with E-state index in [1.165, 1.54) is 13.1 Å². The normalized spacial score (nSPS) is 11.0. The highest BCUT2D eigenvalue weighted by Crippen LogP contribution is 2.23. The molecule has 0 amide bonds. The van der Waals surface area contributed by atoms with Crippen LogP contribution in [0, 0.1) is 25.2 Å². The highest BCUT2D eigenvalue weighted by atomic mass is 32.2. The third-order valence-electron chi connectivity index (χ3n) is 3.06. The minimum Gasteiger partial charge on any atom is -0.251 e. The summed E-state index contributed by atoms with van der Waals surface area (Å²) in [7, 11) is -2.38. The molecule has 0 unspecified atom stereocenters. The first-order chi connectivity index (χ1) is 9.86. The fourth-order valence-corrected chi connectivity index (χ4v) is 3.17. The van der Waals surface area contributed by atoms with E-state index >= 15 is 0 Å². The van der Waals surface area contributed by atoms with Crippen LogP contribution in [0.2, 0.25) is 0 Å². The monoisotopic (exact) mass is 302 g/mol. The molecule has 0 saturated heterocycles. The van der Waals surface area contributed by atoms with E-state index in [4.69, 9.17) is 5.26 Å². The molecule has 21 heavy (non-hydrogen) atoms. The van der Waals surface area contributed by atoms with Gasteiger partial charge in [-0.15, -0.1) is 5.10 Å². The molecule has 2 rings (SSSR count). The number of nitrogens with zero attached hydrogens (tertiary/aromatic N) is 4. The average molecular weight is 302 g/mol. The number of hydrogen-bond donors (Lipinski definition) is 0. The number of aromatic nitrogens is 2. The fourth-order valence-electron chi connectivity index (χ4n) is 1.78. The molecular weight excluding hydrogens is 288 g/mol. The molecule has 0 saturated carbocycles. The van der Waals surface area contributed by atoms with Crippen LogP contribution in [-0.4, -0.2) is 25.7 Å². The third-order valence-corrected chi connectivity index (χ3v) is 4.97. The Bertz CT molecular complexity index is 808. The fraction of sp³-hybridized carbons (Fsp3) is 0.214. The topological polar surface area (TPSA) is 87.0 Å². The third kappa shape index (κ3) is 2.85. The van der Waals surface area contributed by atoms with Gasteiger partial charge in [-0.05, 0) is 43.7 Å². The van der Waals surface area contributed by atoms with Crippen molar-refractivity contribution in [2.45, 2.75) is 18.7 Å². The Kier molecular flexibility index (Phi) is 3.91. The Hall–Kier alpha value is -2.46. The van der Waals surface area contributed by atoms with Crippen molar-refractivity contribution in [2.24, 2.45) is 0 Å². The lowest BCUT2D eigenvalue weighted by molar-refractivity contribution is 0.593. The lowest BCUT2D eigenvalue weighted by Crippen LogP contribution is -2.28. The first-order valence-corrected chi connectivity index (χ1v) is 7.60. The molecule has 2 aromatic rings. The molecule has 7 heteroatoms. The molecule has 0 atom stereocenters. The van der Waals surface area contributed by atoms with Gasteiger partial charge in [-0.3, -0.25) is 4.31 Å². The summed E-state index contributed by atoms with van der Waals surface area (Å²) in [5.74, 6) is 0.224. The summed E-state index contributed by atoms with van der Waals surface area (Å²) in [6.07, 6.45) is 0. The molecule has 1 aromatic heterocycles. The number of anilines is 1. The van der Waals surface area contributed by atoms with Gasteiger partial charge in [-0.1, -0.05) is 6.07 Å². The maximum atomic E-state index is 12.7. The van der Waals surface area contributed by atoms with Crippen molar-refractivity contribution in [3.05, 3.63) is 47.2 Å². The van der Waals surface area contributed by atoms with E-state index in [9.17, 15) is 8.42 Å². The Balaban J connectivity index is 2.51. The van der Waals surface area contributed by atoms with Crippen molar-refractivity contribution in [2.75, 3.05) is 11.4 Å². The predicted molar refractivity (Wildman–Crippen MR) is 78.3 cm³/mol. The van der Waals surface area contributed by atoms with Crippen LogP contribution in [0.3, 0.4) is 0 Å². The van der Waals surface area contributed by atoms with Crippen LogP contribution in [0.4, 0.5) is 5.82 Å². The van der Waals surface area contributed by atoms with Crippen LogP contribution in [0.1, 0.15) is 16.8 Å². The number of aryl methyl sites for hydroxylation is 2. The first-order valence-electron chi connectivity index (χ1n) is 6.16. The summed E-state index contributed by atoms with van der Waals surface area (Å²) in [5.41, 5.74) is 1.57. The van der Waals surface area contributed by atoms with E-state index < -0.39 is 10.0 Å². The van der Waals surface area contributed by atoms with Gasteiger partial charge < -0.3 is 0 Å². The molecule has 0 N–H and O–H groups in total. The number of rotatable bonds is 3. The lowest BCUT2D eigenvalue weighted by Gasteiger charge is -2.19. The van der Waals surface area contributed by atoms with E-state index in [0.717, 1.165) is 4.31 Å². The van der Waals surface area contributed by atoms with E-state index in [0.29, 0.717) is 16.8 Å². The van der Waals surface area contributed by atoms with Crippen molar-refractivity contribution in [1.29, 1.82) is 5.26 Å². The van der Waals surface area contributed by atoms with Gasteiger partial charge in [0.2, 0.25) is 0 Å². The molecule has 0 aliphatic heterocycles. The van der Waals surface area contributed by atoms with Crippen molar-refractivity contribution < 1.29 is 8.42 Å². The van der Waals surface area contributed by atoms with E-state index in [-0.39, 0.29) is 10.7 Å². The van der Waals surface area contributed by atoms with Gasteiger partial charge >= 0.3 is 0 Å². The van der Waals surface area contributed by atoms with Gasteiger partial charge in [-0.2, -0.15) is 10.4 Å². The Morgan fingerprint density at radius 1 is 1.14 bits per heavy atom. The molecule has 1 heterocycles. The van der Waals surface area contributed by atoms with E-state index in [2.05, 4.69) is 10.2 Å². The van der Waals surface area contributed by atoms with Crippen LogP contribution in [0.15, 0.2) is 35.2 Å². The van der Waals surface area contributed by atoms with Gasteiger partial charge in [0.05, 0.1) is 22.2 Å². The van der Waals surface area contributed by atoms with Gasteiger partial charge in [0.1, 0.15) is 0 Å². The summed E-state index contributed by atoms with van der Waals surface area (Å²) in [5, 5.41) is 16.7. The molecule has 0 aliphatic rings. The molecule has 0 radical (unpaired) electrons. The van der Waals surface area contributed by atoms with Crippen LogP contribution in [-0.2, 0) is 10.0 Å². The molecule has 0 aliphatic carbocycles. The average Bonchev–Trinajstić information content (AvgIpc) is 2.47. The number of nitriles is 1. The summed E-state index contributed by atoms with van der Waals surface area (Å²) in [6, 6.07) is 9.77. The maximum Gasteiger partial charge on any atom is 0.265 e.